The van der Waals surface area contributed by atoms with Crippen LogP contribution in [0.4, 0.5) is 0 Å². The van der Waals surface area contributed by atoms with Crippen LogP contribution in [0.3, 0.4) is 0 Å². The summed E-state index contributed by atoms with van der Waals surface area (Å²) in [6.07, 6.45) is 0.877. The van der Waals surface area contributed by atoms with Gasteiger partial charge in [0.1, 0.15) is 0 Å². The number of hydrogen-bond donors (Lipinski definition) is 1. The molecule has 1 atom stereocenters. The Kier molecular flexibility index (Phi) is 5.96. The molecule has 0 aromatic carbocycles. The van der Waals surface area contributed by atoms with Crippen LogP contribution in [0.1, 0.15) is 19.8 Å². The maximum absolute atomic E-state index is 11.7. The molecule has 1 rings (SSSR count). The monoisotopic (exact) mass is 327 g/mol. The maximum atomic E-state index is 11.7. The number of sulfone groups is 2. The molecule has 1 saturated heterocycles. The number of rotatable bonds is 8. The normalized spacial score (nSPS) is 22.2. The van der Waals surface area contributed by atoms with Gasteiger partial charge in [-0.2, -0.15) is 0 Å². The first kappa shape index (κ1) is 17.4. The molecular weight excluding hydrogens is 306 g/mol. The second kappa shape index (κ2) is 6.86. The topological polar surface area (TPSA) is 109 Å². The SMILES string of the molecule is CCCS(=O)(=O)CCN(CC(=O)O)C1CCS(=O)(=O)C1. The third-order valence-electron chi connectivity index (χ3n) is 3.27. The second-order valence-corrected chi connectivity index (χ2v) is 9.61. The summed E-state index contributed by atoms with van der Waals surface area (Å²) in [4.78, 5) is 12.3. The van der Waals surface area contributed by atoms with Gasteiger partial charge in [-0.3, -0.25) is 9.69 Å². The minimum absolute atomic E-state index is 0.0372. The van der Waals surface area contributed by atoms with Crippen molar-refractivity contribution in [1.82, 2.24) is 4.90 Å². The van der Waals surface area contributed by atoms with Crippen molar-refractivity contribution in [2.24, 2.45) is 0 Å². The first-order valence-corrected chi connectivity index (χ1v) is 10.2. The first-order valence-electron chi connectivity index (χ1n) is 6.52. The predicted octanol–water partition coefficient (Wildman–Crippen LogP) is -0.615. The molecule has 1 aliphatic heterocycles. The smallest absolute Gasteiger partial charge is 0.317 e. The summed E-state index contributed by atoms with van der Waals surface area (Å²) < 4.78 is 46.2. The summed E-state index contributed by atoms with van der Waals surface area (Å²) in [5.41, 5.74) is 0. The molecule has 0 spiro atoms. The molecule has 7 nitrogen and oxygen atoms in total. The highest BCUT2D eigenvalue weighted by molar-refractivity contribution is 7.91. The van der Waals surface area contributed by atoms with Gasteiger partial charge in [0.15, 0.2) is 19.7 Å². The lowest BCUT2D eigenvalue weighted by Gasteiger charge is -2.25. The van der Waals surface area contributed by atoms with E-state index in [1.165, 1.54) is 4.90 Å². The van der Waals surface area contributed by atoms with Crippen LogP contribution >= 0.6 is 0 Å². The van der Waals surface area contributed by atoms with Gasteiger partial charge in [0, 0.05) is 18.3 Å². The zero-order chi connectivity index (χ0) is 15.4. The fourth-order valence-electron chi connectivity index (χ4n) is 2.30. The van der Waals surface area contributed by atoms with Crippen LogP contribution < -0.4 is 0 Å². The van der Waals surface area contributed by atoms with Crippen molar-refractivity contribution in [3.05, 3.63) is 0 Å². The summed E-state index contributed by atoms with van der Waals surface area (Å²) in [5, 5.41) is 8.87. The van der Waals surface area contributed by atoms with Gasteiger partial charge in [-0.15, -0.1) is 0 Å². The molecule has 0 bridgehead atoms. The third kappa shape index (κ3) is 5.76. The van der Waals surface area contributed by atoms with E-state index in [2.05, 4.69) is 0 Å². The Balaban J connectivity index is 2.68. The summed E-state index contributed by atoms with van der Waals surface area (Å²) >= 11 is 0. The van der Waals surface area contributed by atoms with Crippen molar-refractivity contribution < 1.29 is 26.7 Å². The van der Waals surface area contributed by atoms with Gasteiger partial charge in [-0.1, -0.05) is 6.92 Å². The molecule has 20 heavy (non-hydrogen) atoms. The molecule has 0 amide bonds. The Bertz CT molecular complexity index is 539. The highest BCUT2D eigenvalue weighted by Crippen LogP contribution is 2.17. The molecule has 1 unspecified atom stereocenters. The molecule has 0 aromatic heterocycles. The number of nitrogens with zero attached hydrogens (tertiary/aromatic N) is 1. The van der Waals surface area contributed by atoms with E-state index in [1.54, 1.807) is 6.92 Å². The Hall–Kier alpha value is -0.670. The van der Waals surface area contributed by atoms with E-state index in [-0.39, 0.29) is 36.1 Å². The zero-order valence-corrected chi connectivity index (χ0v) is 13.1. The molecule has 9 heteroatoms. The van der Waals surface area contributed by atoms with Crippen molar-refractivity contribution in [2.75, 3.05) is 36.1 Å². The average molecular weight is 327 g/mol. The second-order valence-electron chi connectivity index (χ2n) is 5.07. The predicted molar refractivity (Wildman–Crippen MR) is 75.2 cm³/mol. The van der Waals surface area contributed by atoms with Crippen molar-refractivity contribution in [3.8, 4) is 0 Å². The fourth-order valence-corrected chi connectivity index (χ4v) is 5.40. The van der Waals surface area contributed by atoms with Gasteiger partial charge in [-0.05, 0) is 12.8 Å². The minimum atomic E-state index is -3.20. The van der Waals surface area contributed by atoms with Gasteiger partial charge in [0.2, 0.25) is 0 Å². The molecule has 1 fully saturated rings. The van der Waals surface area contributed by atoms with Gasteiger partial charge in [-0.25, -0.2) is 16.8 Å². The number of carbonyl (C=O) groups is 1. The van der Waals surface area contributed by atoms with Gasteiger partial charge < -0.3 is 5.11 Å². The third-order valence-corrected chi connectivity index (χ3v) is 6.85. The van der Waals surface area contributed by atoms with Gasteiger partial charge in [0.25, 0.3) is 0 Å². The van der Waals surface area contributed by atoms with Crippen LogP contribution in [-0.2, 0) is 24.5 Å². The van der Waals surface area contributed by atoms with Crippen LogP contribution in [0.5, 0.6) is 0 Å². The lowest BCUT2D eigenvalue weighted by atomic mass is 10.2. The van der Waals surface area contributed by atoms with E-state index in [1.807, 2.05) is 0 Å². The molecule has 1 aliphatic rings. The number of carboxylic acid groups (broad SMARTS) is 1. The molecule has 0 radical (unpaired) electrons. The van der Waals surface area contributed by atoms with E-state index in [9.17, 15) is 21.6 Å². The Morgan fingerprint density at radius 2 is 2.00 bits per heavy atom. The Morgan fingerprint density at radius 3 is 2.45 bits per heavy atom. The summed E-state index contributed by atoms with van der Waals surface area (Å²) in [6.45, 7) is 1.49. The molecular formula is C11H21NO6S2. The Labute approximate surface area is 119 Å². The van der Waals surface area contributed by atoms with E-state index in [0.29, 0.717) is 12.8 Å². The van der Waals surface area contributed by atoms with Crippen LogP contribution in [0, 0.1) is 0 Å². The molecule has 0 aliphatic carbocycles. The lowest BCUT2D eigenvalue weighted by Crippen LogP contribution is -2.42. The van der Waals surface area contributed by atoms with E-state index in [0.717, 1.165) is 0 Å². The molecule has 0 saturated carbocycles. The number of carboxylic acids is 1. The van der Waals surface area contributed by atoms with E-state index < -0.39 is 31.7 Å². The van der Waals surface area contributed by atoms with Crippen molar-refractivity contribution >= 4 is 25.6 Å². The fraction of sp³-hybridized carbons (Fsp3) is 0.909. The molecule has 0 aromatic rings. The van der Waals surface area contributed by atoms with Crippen molar-refractivity contribution in [2.45, 2.75) is 25.8 Å². The molecule has 118 valence electrons. The largest absolute Gasteiger partial charge is 0.480 e. The maximum Gasteiger partial charge on any atom is 0.317 e. The summed E-state index contributed by atoms with van der Waals surface area (Å²) in [6, 6.07) is -0.395. The van der Waals surface area contributed by atoms with E-state index >= 15 is 0 Å². The summed E-state index contributed by atoms with van der Waals surface area (Å²) in [5.74, 6) is -1.20. The van der Waals surface area contributed by atoms with Crippen LogP contribution in [0.2, 0.25) is 0 Å². The van der Waals surface area contributed by atoms with Crippen LogP contribution in [0.25, 0.3) is 0 Å². The van der Waals surface area contributed by atoms with Gasteiger partial charge in [0.05, 0.1) is 23.8 Å². The lowest BCUT2D eigenvalue weighted by molar-refractivity contribution is -0.138. The van der Waals surface area contributed by atoms with E-state index in [4.69, 9.17) is 5.11 Å². The van der Waals surface area contributed by atoms with Crippen LogP contribution in [0.15, 0.2) is 0 Å². The summed E-state index contributed by atoms with van der Waals surface area (Å²) in [7, 11) is -6.33. The van der Waals surface area contributed by atoms with Crippen molar-refractivity contribution in [1.29, 1.82) is 0 Å². The standard InChI is InChI=1S/C11H21NO6S2/c1-2-5-19(15,16)7-4-12(8-11(13)14)10-3-6-20(17,18)9-10/h10H,2-9H2,1H3,(H,13,14). The Morgan fingerprint density at radius 1 is 1.35 bits per heavy atom. The minimum Gasteiger partial charge on any atom is -0.480 e. The highest BCUT2D eigenvalue weighted by atomic mass is 32.2. The number of hydrogen-bond acceptors (Lipinski definition) is 6. The van der Waals surface area contributed by atoms with Crippen LogP contribution in [-0.4, -0.2) is 75.0 Å². The number of aliphatic carboxylic acids is 1. The van der Waals surface area contributed by atoms with Gasteiger partial charge >= 0.3 is 5.97 Å². The first-order chi connectivity index (χ1) is 9.15. The molecule has 1 heterocycles. The quantitative estimate of drug-likeness (QED) is 0.633. The zero-order valence-electron chi connectivity index (χ0n) is 11.5. The molecule has 1 N–H and O–H groups in total. The highest BCUT2D eigenvalue weighted by Gasteiger charge is 2.33. The van der Waals surface area contributed by atoms with Crippen molar-refractivity contribution in [3.63, 3.8) is 0 Å². The average Bonchev–Trinajstić information content (AvgIpc) is 2.64.